The van der Waals surface area contributed by atoms with E-state index >= 15 is 0 Å². The number of thiazole rings is 1. The van der Waals surface area contributed by atoms with Crippen LogP contribution in [0, 0.1) is 23.0 Å². The molecule has 0 aliphatic heterocycles. The van der Waals surface area contributed by atoms with Crippen LogP contribution in [-0.4, -0.2) is 15.9 Å². The summed E-state index contributed by atoms with van der Waals surface area (Å²) in [4.78, 5) is 15.4. The molecule has 0 radical (unpaired) electrons. The number of hydrogen-bond acceptors (Lipinski definition) is 5. The molecule has 0 atom stereocenters. The second kappa shape index (κ2) is 5.60. The molecule has 1 N–H and O–H groups in total. The summed E-state index contributed by atoms with van der Waals surface area (Å²) in [7, 11) is 0. The molecule has 3 rings (SSSR count). The topological polar surface area (TPSA) is 68.1 Å². The first kappa shape index (κ1) is 14.3. The van der Waals surface area contributed by atoms with Crippen molar-refractivity contribution in [3.05, 3.63) is 27.3 Å². The van der Waals surface area contributed by atoms with Crippen LogP contribution in [0.4, 0.5) is 11.4 Å². The number of benzene rings is 1. The van der Waals surface area contributed by atoms with Crippen molar-refractivity contribution in [1.29, 1.82) is 0 Å². The van der Waals surface area contributed by atoms with Gasteiger partial charge in [-0.1, -0.05) is 6.92 Å². The predicted octanol–water partition coefficient (Wildman–Crippen LogP) is 4.50. The lowest BCUT2D eigenvalue weighted by atomic mass is 9.87. The molecule has 112 valence electrons. The number of nitro groups is 1. The Balaban J connectivity index is 1.92. The van der Waals surface area contributed by atoms with E-state index in [4.69, 9.17) is 0 Å². The Labute approximate surface area is 127 Å². The van der Waals surface area contributed by atoms with Crippen LogP contribution in [0.25, 0.3) is 10.2 Å². The highest BCUT2D eigenvalue weighted by Crippen LogP contribution is 2.35. The highest BCUT2D eigenvalue weighted by molar-refractivity contribution is 7.18. The zero-order valence-corrected chi connectivity index (χ0v) is 13.1. The Morgan fingerprint density at radius 3 is 2.71 bits per heavy atom. The van der Waals surface area contributed by atoms with Gasteiger partial charge in [-0.25, -0.2) is 4.98 Å². The number of fused-ring (bicyclic) bond motifs is 1. The van der Waals surface area contributed by atoms with E-state index in [0.29, 0.717) is 11.7 Å². The minimum Gasteiger partial charge on any atom is -0.377 e. The van der Waals surface area contributed by atoms with Crippen molar-refractivity contribution in [3.63, 3.8) is 0 Å². The minimum absolute atomic E-state index is 0.157. The Morgan fingerprint density at radius 1 is 1.33 bits per heavy atom. The zero-order valence-electron chi connectivity index (χ0n) is 12.3. The molecule has 1 heterocycles. The molecule has 0 bridgehead atoms. The lowest BCUT2D eigenvalue weighted by Gasteiger charge is -2.27. The molecule has 2 aromatic rings. The third-order valence-electron chi connectivity index (χ3n) is 4.19. The van der Waals surface area contributed by atoms with Crippen molar-refractivity contribution in [2.24, 2.45) is 5.92 Å². The number of aryl methyl sites for hydroxylation is 1. The maximum Gasteiger partial charge on any atom is 0.293 e. The van der Waals surface area contributed by atoms with E-state index in [-0.39, 0.29) is 10.6 Å². The molecule has 0 saturated heterocycles. The van der Waals surface area contributed by atoms with Crippen LogP contribution in [0.1, 0.15) is 37.6 Å². The van der Waals surface area contributed by atoms with E-state index in [1.54, 1.807) is 6.07 Å². The van der Waals surface area contributed by atoms with Gasteiger partial charge in [0.2, 0.25) is 0 Å². The van der Waals surface area contributed by atoms with Gasteiger partial charge in [-0.3, -0.25) is 10.1 Å². The summed E-state index contributed by atoms with van der Waals surface area (Å²) < 4.78 is 0.877. The summed E-state index contributed by atoms with van der Waals surface area (Å²) in [6.07, 6.45) is 4.52. The molecule has 1 aromatic carbocycles. The summed E-state index contributed by atoms with van der Waals surface area (Å²) in [6.45, 7) is 4.19. The molecule has 0 spiro atoms. The fourth-order valence-corrected chi connectivity index (χ4v) is 3.81. The first-order valence-electron chi connectivity index (χ1n) is 7.35. The zero-order chi connectivity index (χ0) is 15.0. The summed E-state index contributed by atoms with van der Waals surface area (Å²) >= 11 is 1.50. The van der Waals surface area contributed by atoms with Gasteiger partial charge in [0.1, 0.15) is 5.69 Å². The average Bonchev–Trinajstić information content (AvgIpc) is 2.79. The van der Waals surface area contributed by atoms with E-state index in [1.807, 2.05) is 13.0 Å². The van der Waals surface area contributed by atoms with Crippen molar-refractivity contribution in [3.8, 4) is 0 Å². The highest BCUT2D eigenvalue weighted by atomic mass is 32.1. The van der Waals surface area contributed by atoms with Gasteiger partial charge in [0.25, 0.3) is 5.69 Å². The van der Waals surface area contributed by atoms with Crippen LogP contribution in [0.2, 0.25) is 0 Å². The van der Waals surface area contributed by atoms with E-state index in [2.05, 4.69) is 17.2 Å². The summed E-state index contributed by atoms with van der Waals surface area (Å²) in [5.74, 6) is 0.765. The first-order valence-corrected chi connectivity index (χ1v) is 8.16. The van der Waals surface area contributed by atoms with E-state index in [9.17, 15) is 10.1 Å². The molecule has 21 heavy (non-hydrogen) atoms. The maximum absolute atomic E-state index is 11.3. The van der Waals surface area contributed by atoms with E-state index in [1.165, 1.54) is 24.2 Å². The molecule has 1 aliphatic rings. The summed E-state index contributed by atoms with van der Waals surface area (Å²) in [6, 6.07) is 3.81. The molecule has 5 nitrogen and oxygen atoms in total. The lowest BCUT2D eigenvalue weighted by Crippen LogP contribution is -2.25. The molecule has 1 fully saturated rings. The largest absolute Gasteiger partial charge is 0.377 e. The van der Waals surface area contributed by atoms with Gasteiger partial charge < -0.3 is 5.32 Å². The number of rotatable bonds is 3. The summed E-state index contributed by atoms with van der Waals surface area (Å²) in [5.41, 5.74) is 1.61. The number of aromatic nitrogens is 1. The average molecular weight is 305 g/mol. The van der Waals surface area contributed by atoms with Crippen molar-refractivity contribution >= 4 is 32.9 Å². The fraction of sp³-hybridized carbons (Fsp3) is 0.533. The Hall–Kier alpha value is -1.69. The van der Waals surface area contributed by atoms with Crippen molar-refractivity contribution < 1.29 is 4.92 Å². The van der Waals surface area contributed by atoms with Crippen molar-refractivity contribution in [2.75, 3.05) is 5.32 Å². The van der Waals surface area contributed by atoms with Crippen LogP contribution in [-0.2, 0) is 0 Å². The minimum atomic E-state index is -0.303. The molecule has 1 saturated carbocycles. The van der Waals surface area contributed by atoms with Crippen molar-refractivity contribution in [2.45, 2.75) is 45.6 Å². The Kier molecular flexibility index (Phi) is 3.80. The predicted molar refractivity (Wildman–Crippen MR) is 86.1 cm³/mol. The third-order valence-corrected chi connectivity index (χ3v) is 5.12. The van der Waals surface area contributed by atoms with Crippen LogP contribution >= 0.6 is 11.3 Å². The SMILES string of the molecule is Cc1nc2cc(NC3CCC(C)CC3)c([N+](=O)[O-])cc2s1. The van der Waals surface area contributed by atoms with E-state index in [0.717, 1.165) is 34.0 Å². The fourth-order valence-electron chi connectivity index (χ4n) is 2.97. The highest BCUT2D eigenvalue weighted by Gasteiger charge is 2.22. The first-order chi connectivity index (χ1) is 10.0. The molecule has 6 heteroatoms. The van der Waals surface area contributed by atoms with E-state index < -0.39 is 0 Å². The monoisotopic (exact) mass is 305 g/mol. The van der Waals surface area contributed by atoms with Gasteiger partial charge in [-0.15, -0.1) is 11.3 Å². The number of nitro benzene ring substituents is 1. The number of nitrogens with zero attached hydrogens (tertiary/aromatic N) is 2. The Bertz CT molecular complexity index is 675. The smallest absolute Gasteiger partial charge is 0.293 e. The standard InChI is InChI=1S/C15H19N3O2S/c1-9-3-5-11(6-4-9)17-12-7-13-15(21-10(2)16-13)8-14(12)18(19)20/h7-9,11,17H,3-6H2,1-2H3. The molecule has 0 amide bonds. The lowest BCUT2D eigenvalue weighted by molar-refractivity contribution is -0.383. The molecule has 1 aromatic heterocycles. The molecular formula is C15H19N3O2S. The van der Waals surface area contributed by atoms with Gasteiger partial charge in [-0.2, -0.15) is 0 Å². The van der Waals surface area contributed by atoms with Crippen LogP contribution < -0.4 is 5.32 Å². The van der Waals surface area contributed by atoms with Crippen LogP contribution in [0.15, 0.2) is 12.1 Å². The molecule has 0 unspecified atom stereocenters. The number of nitrogens with one attached hydrogen (secondary N) is 1. The maximum atomic E-state index is 11.3. The van der Waals surface area contributed by atoms with Gasteiger partial charge >= 0.3 is 0 Å². The van der Waals surface area contributed by atoms with Crippen LogP contribution in [0.3, 0.4) is 0 Å². The molecule has 1 aliphatic carbocycles. The van der Waals surface area contributed by atoms with Crippen LogP contribution in [0.5, 0.6) is 0 Å². The Morgan fingerprint density at radius 2 is 2.05 bits per heavy atom. The second-order valence-corrected chi connectivity index (χ2v) is 7.16. The third kappa shape index (κ3) is 3.00. The van der Waals surface area contributed by atoms with Gasteiger partial charge in [-0.05, 0) is 44.6 Å². The quantitative estimate of drug-likeness (QED) is 0.669. The summed E-state index contributed by atoms with van der Waals surface area (Å²) in [5, 5.41) is 15.6. The number of hydrogen-bond donors (Lipinski definition) is 1. The van der Waals surface area contributed by atoms with Gasteiger partial charge in [0.15, 0.2) is 0 Å². The molecular weight excluding hydrogens is 286 g/mol. The normalized spacial score (nSPS) is 22.4. The second-order valence-electron chi connectivity index (χ2n) is 5.93. The number of anilines is 1. The van der Waals surface area contributed by atoms with Gasteiger partial charge in [0.05, 0.1) is 20.1 Å². The van der Waals surface area contributed by atoms with Crippen molar-refractivity contribution in [1.82, 2.24) is 4.98 Å². The van der Waals surface area contributed by atoms with Gasteiger partial charge in [0, 0.05) is 12.1 Å².